The first-order valence-corrected chi connectivity index (χ1v) is 9.37. The fraction of sp³-hybridized carbons (Fsp3) is 0.700. The number of rotatable bonds is 3. The van der Waals surface area contributed by atoms with Crippen LogP contribution in [-0.2, 0) is 26.1 Å². The molecule has 5 rings (SSSR count). The third-order valence-electron chi connectivity index (χ3n) is 7.43. The summed E-state index contributed by atoms with van der Waals surface area (Å²) in [5.41, 5.74) is 2.43. The van der Waals surface area contributed by atoms with E-state index in [9.17, 15) is 0 Å². The van der Waals surface area contributed by atoms with Crippen LogP contribution in [0.25, 0.3) is 0 Å². The van der Waals surface area contributed by atoms with Crippen LogP contribution in [-0.4, -0.2) is 58.5 Å². The van der Waals surface area contributed by atoms with Crippen molar-refractivity contribution in [2.75, 3.05) is 41.5 Å². The van der Waals surface area contributed by atoms with Crippen molar-refractivity contribution in [3.05, 3.63) is 23.3 Å². The minimum atomic E-state index is -0.773. The minimum absolute atomic E-state index is 0.0704. The van der Waals surface area contributed by atoms with E-state index < -0.39 is 5.79 Å². The van der Waals surface area contributed by atoms with Crippen molar-refractivity contribution in [3.63, 3.8) is 0 Å². The van der Waals surface area contributed by atoms with Crippen molar-refractivity contribution < 1.29 is 23.8 Å². The number of ether oxygens (including phenoxy) is 4. The Morgan fingerprint density at radius 1 is 1.15 bits per heavy atom. The van der Waals surface area contributed by atoms with E-state index in [-0.39, 0.29) is 16.9 Å². The summed E-state index contributed by atoms with van der Waals surface area (Å²) in [6.45, 7) is 1.51. The molecular weight excluding hydrogens is 334 g/mol. The molecule has 0 N–H and O–H groups in total. The molecule has 6 heteroatoms. The lowest BCUT2D eigenvalue weighted by Crippen LogP contribution is -2.54. The fourth-order valence-electron chi connectivity index (χ4n) is 6.19. The molecule has 0 radical (unpaired) electrons. The summed E-state index contributed by atoms with van der Waals surface area (Å²) in [6.07, 6.45) is 3.59. The fourth-order valence-corrected chi connectivity index (χ4v) is 6.19. The van der Waals surface area contributed by atoms with E-state index in [1.165, 1.54) is 11.1 Å². The molecule has 2 aliphatic heterocycles. The van der Waals surface area contributed by atoms with Crippen molar-refractivity contribution in [2.45, 2.75) is 43.0 Å². The molecule has 1 saturated carbocycles. The maximum atomic E-state index is 6.64. The highest BCUT2D eigenvalue weighted by molar-refractivity contribution is 5.62. The highest BCUT2D eigenvalue weighted by atomic mass is 16.7. The van der Waals surface area contributed by atoms with Crippen molar-refractivity contribution in [1.82, 2.24) is 5.06 Å². The van der Waals surface area contributed by atoms with E-state index in [2.05, 4.69) is 6.07 Å². The summed E-state index contributed by atoms with van der Waals surface area (Å²) in [4.78, 5) is 6.13. The molecule has 142 valence electrons. The van der Waals surface area contributed by atoms with E-state index in [0.29, 0.717) is 6.61 Å². The maximum absolute atomic E-state index is 6.64. The lowest BCUT2D eigenvalue weighted by atomic mass is 9.54. The van der Waals surface area contributed by atoms with Crippen LogP contribution in [0.15, 0.2) is 12.1 Å². The molecule has 4 aliphatic rings. The second-order valence-corrected chi connectivity index (χ2v) is 8.15. The van der Waals surface area contributed by atoms with E-state index in [1.54, 1.807) is 21.3 Å². The Morgan fingerprint density at radius 3 is 2.69 bits per heavy atom. The molecule has 6 nitrogen and oxygen atoms in total. The number of hydrogen-bond donors (Lipinski definition) is 0. The van der Waals surface area contributed by atoms with Crippen molar-refractivity contribution in [1.29, 1.82) is 0 Å². The Bertz CT molecular complexity index is 748. The molecule has 2 fully saturated rings. The Balaban J connectivity index is 1.81. The molecule has 2 heterocycles. The molecule has 0 amide bonds. The largest absolute Gasteiger partial charge is 0.493 e. The first-order chi connectivity index (χ1) is 12.6. The smallest absolute Gasteiger partial charge is 0.206 e. The topological polar surface area (TPSA) is 49.4 Å². The van der Waals surface area contributed by atoms with Crippen LogP contribution < -0.4 is 9.47 Å². The first-order valence-electron chi connectivity index (χ1n) is 9.37. The van der Waals surface area contributed by atoms with Gasteiger partial charge in [0.1, 0.15) is 0 Å². The quantitative estimate of drug-likeness (QED) is 0.770. The molecule has 1 spiro atoms. The Hall–Kier alpha value is -1.34. The molecule has 0 unspecified atom stereocenters. The van der Waals surface area contributed by atoms with E-state index in [4.69, 9.17) is 23.8 Å². The Labute approximate surface area is 154 Å². The number of benzene rings is 1. The zero-order chi connectivity index (χ0) is 18.2. The van der Waals surface area contributed by atoms with Crippen LogP contribution in [0.4, 0.5) is 0 Å². The van der Waals surface area contributed by atoms with Crippen LogP contribution in [0, 0.1) is 5.41 Å². The summed E-state index contributed by atoms with van der Waals surface area (Å²) >= 11 is 0. The molecule has 0 bridgehead atoms. The SMILES string of the molecule is COc1ccc2c3c1O[C@H]1C(OC)(OC)C[C@@]4(CC2)CON(C)CC[C@]314. The molecule has 1 saturated heterocycles. The molecule has 1 aromatic carbocycles. The van der Waals surface area contributed by atoms with Gasteiger partial charge in [-0.15, -0.1) is 0 Å². The molecule has 0 aromatic heterocycles. The van der Waals surface area contributed by atoms with Crippen LogP contribution in [0.2, 0.25) is 0 Å². The van der Waals surface area contributed by atoms with Gasteiger partial charge in [-0.25, -0.2) is 0 Å². The van der Waals surface area contributed by atoms with Gasteiger partial charge in [-0.2, -0.15) is 5.06 Å². The summed E-state index contributed by atoms with van der Waals surface area (Å²) in [7, 11) is 7.17. The monoisotopic (exact) mass is 361 g/mol. The van der Waals surface area contributed by atoms with Gasteiger partial charge in [0, 0.05) is 45.2 Å². The average Bonchev–Trinajstić information content (AvgIpc) is 3.09. The lowest BCUT2D eigenvalue weighted by molar-refractivity contribution is -0.247. The Morgan fingerprint density at radius 2 is 1.96 bits per heavy atom. The van der Waals surface area contributed by atoms with Crippen LogP contribution >= 0.6 is 0 Å². The number of nitrogens with zero attached hydrogens (tertiary/aromatic N) is 1. The van der Waals surface area contributed by atoms with Crippen molar-refractivity contribution in [2.24, 2.45) is 5.41 Å². The highest BCUT2D eigenvalue weighted by Gasteiger charge is 2.77. The molecule has 3 atom stereocenters. The summed E-state index contributed by atoms with van der Waals surface area (Å²) < 4.78 is 24.3. The van der Waals surface area contributed by atoms with E-state index in [0.717, 1.165) is 43.7 Å². The summed E-state index contributed by atoms with van der Waals surface area (Å²) in [5, 5.41) is 1.97. The van der Waals surface area contributed by atoms with Gasteiger partial charge in [-0.3, -0.25) is 4.84 Å². The maximum Gasteiger partial charge on any atom is 0.206 e. The normalized spacial score (nSPS) is 36.8. The van der Waals surface area contributed by atoms with Gasteiger partial charge < -0.3 is 18.9 Å². The first kappa shape index (κ1) is 16.8. The number of aryl methyl sites for hydroxylation is 1. The molecule has 1 aromatic rings. The van der Waals surface area contributed by atoms with Gasteiger partial charge in [0.05, 0.1) is 19.1 Å². The van der Waals surface area contributed by atoms with Crippen LogP contribution in [0.3, 0.4) is 0 Å². The zero-order valence-corrected chi connectivity index (χ0v) is 16.0. The second kappa shape index (κ2) is 5.35. The van der Waals surface area contributed by atoms with Gasteiger partial charge in [-0.05, 0) is 30.9 Å². The Kier molecular flexibility index (Phi) is 3.46. The molecule has 2 aliphatic carbocycles. The third kappa shape index (κ3) is 1.72. The highest BCUT2D eigenvalue weighted by Crippen LogP contribution is 2.72. The van der Waals surface area contributed by atoms with Crippen LogP contribution in [0.1, 0.15) is 30.4 Å². The number of hydrogen-bond acceptors (Lipinski definition) is 6. The number of methoxy groups -OCH3 is 3. The van der Waals surface area contributed by atoms with Gasteiger partial charge >= 0.3 is 0 Å². The molecule has 26 heavy (non-hydrogen) atoms. The summed E-state index contributed by atoms with van der Waals surface area (Å²) in [6, 6.07) is 4.23. The van der Waals surface area contributed by atoms with Gasteiger partial charge in [-0.1, -0.05) is 6.07 Å². The predicted molar refractivity (Wildman–Crippen MR) is 94.4 cm³/mol. The zero-order valence-electron chi connectivity index (χ0n) is 16.0. The van der Waals surface area contributed by atoms with Gasteiger partial charge in [0.2, 0.25) is 5.79 Å². The predicted octanol–water partition coefficient (Wildman–Crippen LogP) is 2.29. The minimum Gasteiger partial charge on any atom is -0.493 e. The van der Waals surface area contributed by atoms with Gasteiger partial charge in [0.15, 0.2) is 17.6 Å². The van der Waals surface area contributed by atoms with Crippen molar-refractivity contribution in [3.8, 4) is 11.5 Å². The van der Waals surface area contributed by atoms with Crippen LogP contribution in [0.5, 0.6) is 11.5 Å². The summed E-state index contributed by atoms with van der Waals surface area (Å²) in [5.74, 6) is 0.898. The lowest BCUT2D eigenvalue weighted by Gasteiger charge is -2.46. The number of hydroxylamine groups is 2. The van der Waals surface area contributed by atoms with Crippen molar-refractivity contribution >= 4 is 0 Å². The second-order valence-electron chi connectivity index (χ2n) is 8.15. The molecular formula is C20H27NO5. The standard InChI is InChI=1S/C20H27NO5/c1-21-10-9-19-15-13-5-6-14(22-2)16(15)26-17(19)20(23-3,24-4)11-18(19,8-7-13)12-25-21/h5-6,17H,7-12H2,1-4H3/t17-,18+,19+/m1/s1. The average molecular weight is 361 g/mol. The third-order valence-corrected chi connectivity index (χ3v) is 7.43. The van der Waals surface area contributed by atoms with Gasteiger partial charge in [0.25, 0.3) is 0 Å². The van der Waals surface area contributed by atoms with E-state index >= 15 is 0 Å². The van der Waals surface area contributed by atoms with E-state index in [1.807, 2.05) is 18.2 Å².